The number of hydrogen-bond donors (Lipinski definition) is 1. The maximum atomic E-state index is 9.56. The van der Waals surface area contributed by atoms with Gasteiger partial charge in [0.15, 0.2) is 5.84 Å². The van der Waals surface area contributed by atoms with E-state index in [1.165, 1.54) is 16.3 Å². The first kappa shape index (κ1) is 28.9. The van der Waals surface area contributed by atoms with E-state index in [0.717, 1.165) is 50.3 Å². The Balaban J connectivity index is 1.13. The summed E-state index contributed by atoms with van der Waals surface area (Å²) in [6, 6.07) is 60.6. The van der Waals surface area contributed by atoms with Crippen LogP contribution in [-0.2, 0) is 0 Å². The van der Waals surface area contributed by atoms with Gasteiger partial charge in [-0.15, -0.1) is 0 Å². The summed E-state index contributed by atoms with van der Waals surface area (Å²) in [7, 11) is 0. The number of benzene rings is 7. The lowest BCUT2D eigenvalue weighted by molar-refractivity contribution is 0.674. The standard InChI is InChI=1S/C44H30N4/c45-29-38-14-7-8-16-39(38)32-20-18-30(19-21-32)37-27-24-31-15-9-17-40(41(31)28-37)33-22-25-36(26-23-33)44-47-42(34-10-3-1-4-11-34)46-43(48-44)35-12-5-2-6-13-35/h1-28,42H,(H,46,47,48). The van der Waals surface area contributed by atoms with Gasteiger partial charge in [0, 0.05) is 11.1 Å². The Hall–Kier alpha value is -6.57. The van der Waals surface area contributed by atoms with Gasteiger partial charge in [-0.3, -0.25) is 0 Å². The molecule has 226 valence electrons. The molecule has 1 aliphatic rings. The van der Waals surface area contributed by atoms with Crippen molar-refractivity contribution in [1.29, 1.82) is 5.26 Å². The molecule has 0 bridgehead atoms. The van der Waals surface area contributed by atoms with E-state index in [4.69, 9.17) is 9.98 Å². The molecule has 0 spiro atoms. The maximum absolute atomic E-state index is 9.56. The van der Waals surface area contributed by atoms with E-state index in [1.807, 2.05) is 60.7 Å². The zero-order valence-corrected chi connectivity index (χ0v) is 26.1. The van der Waals surface area contributed by atoms with Gasteiger partial charge in [-0.05, 0) is 61.8 Å². The third-order valence-electron chi connectivity index (χ3n) is 8.82. The Labute approximate surface area is 280 Å². The van der Waals surface area contributed by atoms with Crippen molar-refractivity contribution in [2.24, 2.45) is 9.98 Å². The molecule has 0 fully saturated rings. The molecule has 1 N–H and O–H groups in total. The SMILES string of the molecule is N#Cc1ccccc1-c1ccc(-c2ccc3cccc(-c4ccc(C5=NC(c6ccccc6)NC(c6ccccc6)=N5)cc4)c3c2)cc1. The largest absolute Gasteiger partial charge is 0.344 e. The molecule has 7 aromatic carbocycles. The summed E-state index contributed by atoms with van der Waals surface area (Å²) in [6.07, 6.45) is -0.236. The summed E-state index contributed by atoms with van der Waals surface area (Å²) >= 11 is 0. The topological polar surface area (TPSA) is 60.5 Å². The fraction of sp³-hybridized carbons (Fsp3) is 0.0227. The number of amidine groups is 2. The van der Waals surface area contributed by atoms with Gasteiger partial charge in [0.05, 0.1) is 11.6 Å². The molecule has 0 aliphatic carbocycles. The van der Waals surface area contributed by atoms with Gasteiger partial charge in [-0.1, -0.05) is 158 Å². The molecule has 0 saturated heterocycles. The van der Waals surface area contributed by atoms with Crippen molar-refractivity contribution in [3.05, 3.63) is 192 Å². The molecule has 0 radical (unpaired) electrons. The molecule has 0 amide bonds. The van der Waals surface area contributed by atoms with Gasteiger partial charge in [0.2, 0.25) is 0 Å². The van der Waals surface area contributed by atoms with E-state index in [-0.39, 0.29) is 6.17 Å². The van der Waals surface area contributed by atoms with Crippen LogP contribution in [0, 0.1) is 11.3 Å². The Morgan fingerprint density at radius 3 is 1.85 bits per heavy atom. The molecule has 1 aliphatic heterocycles. The normalized spacial score (nSPS) is 14.0. The zero-order chi connectivity index (χ0) is 32.3. The van der Waals surface area contributed by atoms with Crippen LogP contribution < -0.4 is 5.32 Å². The lowest BCUT2D eigenvalue weighted by Gasteiger charge is -2.23. The molecule has 4 heteroatoms. The Morgan fingerprint density at radius 2 is 1.10 bits per heavy atom. The highest BCUT2D eigenvalue weighted by atomic mass is 15.2. The van der Waals surface area contributed by atoms with Crippen LogP contribution in [0.4, 0.5) is 0 Å². The molecule has 1 heterocycles. The average molecular weight is 615 g/mol. The third-order valence-corrected chi connectivity index (χ3v) is 8.82. The van der Waals surface area contributed by atoms with Crippen LogP contribution in [0.5, 0.6) is 0 Å². The van der Waals surface area contributed by atoms with E-state index >= 15 is 0 Å². The van der Waals surface area contributed by atoms with E-state index in [9.17, 15) is 5.26 Å². The number of nitriles is 1. The fourth-order valence-corrected chi connectivity index (χ4v) is 6.30. The van der Waals surface area contributed by atoms with Crippen molar-refractivity contribution < 1.29 is 0 Å². The number of fused-ring (bicyclic) bond motifs is 1. The summed E-state index contributed by atoms with van der Waals surface area (Å²) < 4.78 is 0. The van der Waals surface area contributed by atoms with Crippen LogP contribution in [0.25, 0.3) is 44.2 Å². The average Bonchev–Trinajstić information content (AvgIpc) is 3.18. The van der Waals surface area contributed by atoms with E-state index in [2.05, 4.69) is 121 Å². The summed E-state index contributed by atoms with van der Waals surface area (Å²) in [5, 5.41) is 15.5. The van der Waals surface area contributed by atoms with E-state index in [0.29, 0.717) is 11.4 Å². The highest BCUT2D eigenvalue weighted by Gasteiger charge is 2.21. The number of hydrogen-bond acceptors (Lipinski definition) is 4. The van der Waals surface area contributed by atoms with Gasteiger partial charge < -0.3 is 5.32 Å². The van der Waals surface area contributed by atoms with Crippen molar-refractivity contribution in [3.63, 3.8) is 0 Å². The predicted octanol–water partition coefficient (Wildman–Crippen LogP) is 10.2. The minimum atomic E-state index is -0.236. The van der Waals surface area contributed by atoms with E-state index in [1.54, 1.807) is 0 Å². The summed E-state index contributed by atoms with van der Waals surface area (Å²) in [4.78, 5) is 10.0. The minimum absolute atomic E-state index is 0.236. The summed E-state index contributed by atoms with van der Waals surface area (Å²) in [5.74, 6) is 1.51. The number of rotatable bonds is 6. The third kappa shape index (κ3) is 5.66. The van der Waals surface area contributed by atoms with Crippen LogP contribution in [-0.4, -0.2) is 11.7 Å². The lowest BCUT2D eigenvalue weighted by Crippen LogP contribution is -2.33. The number of nitrogens with one attached hydrogen (secondary N) is 1. The number of aliphatic imine (C=N–C) groups is 2. The zero-order valence-electron chi connectivity index (χ0n) is 26.1. The smallest absolute Gasteiger partial charge is 0.159 e. The van der Waals surface area contributed by atoms with Crippen LogP contribution in [0.1, 0.15) is 28.4 Å². The van der Waals surface area contributed by atoms with Crippen molar-refractivity contribution in [2.75, 3.05) is 0 Å². The first-order valence-electron chi connectivity index (χ1n) is 16.0. The van der Waals surface area contributed by atoms with Gasteiger partial charge in [-0.2, -0.15) is 5.26 Å². The van der Waals surface area contributed by atoms with Gasteiger partial charge in [-0.25, -0.2) is 9.98 Å². The van der Waals surface area contributed by atoms with E-state index < -0.39 is 0 Å². The van der Waals surface area contributed by atoms with Crippen LogP contribution in [0.2, 0.25) is 0 Å². The molecular weight excluding hydrogens is 585 g/mol. The Bertz CT molecular complexity index is 2350. The maximum Gasteiger partial charge on any atom is 0.159 e. The highest BCUT2D eigenvalue weighted by Crippen LogP contribution is 2.34. The van der Waals surface area contributed by atoms with Crippen molar-refractivity contribution in [2.45, 2.75) is 6.17 Å². The van der Waals surface area contributed by atoms with Crippen molar-refractivity contribution >= 4 is 22.4 Å². The van der Waals surface area contributed by atoms with Crippen LogP contribution >= 0.6 is 0 Å². The molecule has 8 rings (SSSR count). The Kier molecular flexibility index (Phi) is 7.62. The van der Waals surface area contributed by atoms with Gasteiger partial charge in [0.25, 0.3) is 0 Å². The quantitative estimate of drug-likeness (QED) is 0.203. The molecule has 4 nitrogen and oxygen atoms in total. The van der Waals surface area contributed by atoms with Crippen LogP contribution in [0.3, 0.4) is 0 Å². The molecule has 0 saturated carbocycles. The fourth-order valence-electron chi connectivity index (χ4n) is 6.30. The second-order valence-corrected chi connectivity index (χ2v) is 11.8. The molecular formula is C44H30N4. The van der Waals surface area contributed by atoms with Crippen molar-refractivity contribution in [3.8, 4) is 39.4 Å². The molecule has 7 aromatic rings. The lowest BCUT2D eigenvalue weighted by atomic mass is 9.93. The molecule has 1 atom stereocenters. The van der Waals surface area contributed by atoms with Gasteiger partial charge in [0.1, 0.15) is 12.0 Å². The summed E-state index contributed by atoms with van der Waals surface area (Å²) in [5.41, 5.74) is 10.3. The van der Waals surface area contributed by atoms with Crippen molar-refractivity contribution in [1.82, 2.24) is 5.32 Å². The second kappa shape index (κ2) is 12.7. The van der Waals surface area contributed by atoms with Crippen LogP contribution in [0.15, 0.2) is 180 Å². The summed E-state index contributed by atoms with van der Waals surface area (Å²) in [6.45, 7) is 0. The predicted molar refractivity (Wildman–Crippen MR) is 197 cm³/mol. The molecule has 48 heavy (non-hydrogen) atoms. The Morgan fingerprint density at radius 1 is 0.500 bits per heavy atom. The first-order valence-corrected chi connectivity index (χ1v) is 16.0. The second-order valence-electron chi connectivity index (χ2n) is 11.8. The number of nitrogens with zero attached hydrogens (tertiary/aromatic N) is 3. The minimum Gasteiger partial charge on any atom is -0.344 e. The van der Waals surface area contributed by atoms with Gasteiger partial charge >= 0.3 is 0 Å². The molecule has 0 aromatic heterocycles. The highest BCUT2D eigenvalue weighted by molar-refractivity contribution is 6.13. The first-order chi connectivity index (χ1) is 23.7. The molecule has 1 unspecified atom stereocenters. The monoisotopic (exact) mass is 614 g/mol.